The fraction of sp³-hybridized carbons (Fsp3) is 1.00. The second-order valence-corrected chi connectivity index (χ2v) is 4.52. The number of likely N-dealkylation sites (N-methyl/N-ethyl adjacent to an activating group) is 1. The first-order valence-electron chi connectivity index (χ1n) is 5.58. The van der Waals surface area contributed by atoms with E-state index in [2.05, 4.69) is 38.0 Å². The number of hydrogen-bond acceptors (Lipinski definition) is 2. The van der Waals surface area contributed by atoms with Gasteiger partial charge in [0, 0.05) is 18.6 Å². The van der Waals surface area contributed by atoms with Crippen molar-refractivity contribution in [3.8, 4) is 0 Å². The molecule has 0 aromatic rings. The Morgan fingerprint density at radius 3 is 2.85 bits per heavy atom. The molecule has 1 aliphatic heterocycles. The summed E-state index contributed by atoms with van der Waals surface area (Å²) in [7, 11) is 2.24. The van der Waals surface area contributed by atoms with E-state index in [9.17, 15) is 0 Å². The third-order valence-corrected chi connectivity index (χ3v) is 3.54. The molecule has 78 valence electrons. The summed E-state index contributed by atoms with van der Waals surface area (Å²) in [5.74, 6) is 0.799. The van der Waals surface area contributed by atoms with Gasteiger partial charge in [-0.3, -0.25) is 0 Å². The Morgan fingerprint density at radius 2 is 2.23 bits per heavy atom. The highest BCUT2D eigenvalue weighted by Gasteiger charge is 2.22. The third kappa shape index (κ3) is 2.96. The standard InChI is InChI=1S/C11H24N2/c1-5-9(2)11-8-13(4)10(3)6-7-12-11/h9-12H,5-8H2,1-4H3. The molecule has 2 nitrogen and oxygen atoms in total. The van der Waals surface area contributed by atoms with E-state index in [1.54, 1.807) is 0 Å². The third-order valence-electron chi connectivity index (χ3n) is 3.54. The molecule has 0 aliphatic carbocycles. The zero-order valence-electron chi connectivity index (χ0n) is 9.51. The Morgan fingerprint density at radius 1 is 1.54 bits per heavy atom. The molecule has 0 aromatic heterocycles. The molecule has 0 spiro atoms. The molecule has 1 N–H and O–H groups in total. The molecule has 1 rings (SSSR count). The van der Waals surface area contributed by atoms with E-state index in [0.717, 1.165) is 12.0 Å². The fourth-order valence-corrected chi connectivity index (χ4v) is 1.92. The summed E-state index contributed by atoms with van der Waals surface area (Å²) >= 11 is 0. The van der Waals surface area contributed by atoms with Crippen molar-refractivity contribution in [1.29, 1.82) is 0 Å². The number of hydrogen-bond donors (Lipinski definition) is 1. The van der Waals surface area contributed by atoms with Crippen LogP contribution in [0, 0.1) is 5.92 Å². The van der Waals surface area contributed by atoms with Crippen LogP contribution >= 0.6 is 0 Å². The largest absolute Gasteiger partial charge is 0.312 e. The molecular formula is C11H24N2. The summed E-state index contributed by atoms with van der Waals surface area (Å²) in [5, 5.41) is 3.65. The van der Waals surface area contributed by atoms with Crippen LogP contribution in [0.25, 0.3) is 0 Å². The van der Waals surface area contributed by atoms with Gasteiger partial charge in [0.05, 0.1) is 0 Å². The average molecular weight is 184 g/mol. The molecule has 1 saturated heterocycles. The Balaban J connectivity index is 2.48. The van der Waals surface area contributed by atoms with Gasteiger partial charge in [-0.25, -0.2) is 0 Å². The monoisotopic (exact) mass is 184 g/mol. The molecule has 2 heteroatoms. The highest BCUT2D eigenvalue weighted by molar-refractivity contribution is 4.81. The lowest BCUT2D eigenvalue weighted by Gasteiger charge is -2.27. The van der Waals surface area contributed by atoms with Crippen molar-refractivity contribution in [2.45, 2.75) is 45.7 Å². The van der Waals surface area contributed by atoms with Crippen molar-refractivity contribution in [2.24, 2.45) is 5.92 Å². The van der Waals surface area contributed by atoms with E-state index in [1.807, 2.05) is 0 Å². The molecular weight excluding hydrogens is 160 g/mol. The molecule has 0 bridgehead atoms. The lowest BCUT2D eigenvalue weighted by atomic mass is 9.99. The van der Waals surface area contributed by atoms with Gasteiger partial charge in [0.1, 0.15) is 0 Å². The van der Waals surface area contributed by atoms with Gasteiger partial charge in [-0.15, -0.1) is 0 Å². The maximum absolute atomic E-state index is 3.65. The number of rotatable bonds is 2. The van der Waals surface area contributed by atoms with Gasteiger partial charge < -0.3 is 10.2 Å². The predicted octanol–water partition coefficient (Wildman–Crippen LogP) is 1.71. The van der Waals surface area contributed by atoms with Gasteiger partial charge >= 0.3 is 0 Å². The maximum Gasteiger partial charge on any atom is 0.0220 e. The van der Waals surface area contributed by atoms with Crippen molar-refractivity contribution < 1.29 is 0 Å². The molecule has 1 aliphatic rings. The second-order valence-electron chi connectivity index (χ2n) is 4.52. The van der Waals surface area contributed by atoms with Gasteiger partial charge in [-0.2, -0.15) is 0 Å². The first-order chi connectivity index (χ1) is 6.15. The van der Waals surface area contributed by atoms with Gasteiger partial charge in [-0.05, 0) is 32.9 Å². The first kappa shape index (κ1) is 11.0. The summed E-state index contributed by atoms with van der Waals surface area (Å²) in [5.41, 5.74) is 0. The van der Waals surface area contributed by atoms with Gasteiger partial charge in [0.2, 0.25) is 0 Å². The number of nitrogens with zero attached hydrogens (tertiary/aromatic N) is 1. The smallest absolute Gasteiger partial charge is 0.0220 e. The van der Waals surface area contributed by atoms with Gasteiger partial charge in [0.15, 0.2) is 0 Å². The minimum atomic E-state index is 0.694. The molecule has 0 radical (unpaired) electrons. The van der Waals surface area contributed by atoms with E-state index in [-0.39, 0.29) is 0 Å². The Bertz CT molecular complexity index is 147. The van der Waals surface area contributed by atoms with Crippen LogP contribution in [0.4, 0.5) is 0 Å². The summed E-state index contributed by atoms with van der Waals surface area (Å²) in [6.45, 7) is 9.33. The summed E-state index contributed by atoms with van der Waals surface area (Å²) in [6, 6.07) is 1.43. The van der Waals surface area contributed by atoms with Crippen molar-refractivity contribution in [1.82, 2.24) is 10.2 Å². The van der Waals surface area contributed by atoms with Crippen LogP contribution in [0.3, 0.4) is 0 Å². The topological polar surface area (TPSA) is 15.3 Å². The van der Waals surface area contributed by atoms with Crippen molar-refractivity contribution in [2.75, 3.05) is 20.1 Å². The molecule has 3 atom stereocenters. The molecule has 0 saturated carbocycles. The van der Waals surface area contributed by atoms with Crippen LogP contribution in [0.1, 0.15) is 33.6 Å². The van der Waals surface area contributed by atoms with E-state index in [0.29, 0.717) is 6.04 Å². The van der Waals surface area contributed by atoms with Gasteiger partial charge in [-0.1, -0.05) is 20.3 Å². The van der Waals surface area contributed by atoms with Crippen LogP contribution in [-0.2, 0) is 0 Å². The maximum atomic E-state index is 3.65. The quantitative estimate of drug-likeness (QED) is 0.703. The highest BCUT2D eigenvalue weighted by Crippen LogP contribution is 2.14. The summed E-state index contributed by atoms with van der Waals surface area (Å²) < 4.78 is 0. The second kappa shape index (κ2) is 4.97. The molecule has 3 unspecified atom stereocenters. The average Bonchev–Trinajstić information content (AvgIpc) is 2.28. The molecule has 13 heavy (non-hydrogen) atoms. The fourth-order valence-electron chi connectivity index (χ4n) is 1.92. The van der Waals surface area contributed by atoms with Crippen LogP contribution in [0.15, 0.2) is 0 Å². The van der Waals surface area contributed by atoms with E-state index < -0.39 is 0 Å². The molecule has 1 heterocycles. The minimum absolute atomic E-state index is 0.694. The molecule has 0 aromatic carbocycles. The zero-order chi connectivity index (χ0) is 9.84. The normalized spacial score (nSPS) is 34.2. The van der Waals surface area contributed by atoms with E-state index in [4.69, 9.17) is 0 Å². The Hall–Kier alpha value is -0.0800. The summed E-state index contributed by atoms with van der Waals surface area (Å²) in [4.78, 5) is 2.48. The predicted molar refractivity (Wildman–Crippen MR) is 58.0 cm³/mol. The number of nitrogens with one attached hydrogen (secondary N) is 1. The summed E-state index contributed by atoms with van der Waals surface area (Å²) in [6.07, 6.45) is 2.56. The van der Waals surface area contributed by atoms with Crippen molar-refractivity contribution >= 4 is 0 Å². The van der Waals surface area contributed by atoms with Crippen molar-refractivity contribution in [3.05, 3.63) is 0 Å². The van der Waals surface area contributed by atoms with Gasteiger partial charge in [0.25, 0.3) is 0 Å². The zero-order valence-corrected chi connectivity index (χ0v) is 9.51. The molecule has 0 amide bonds. The van der Waals surface area contributed by atoms with E-state index in [1.165, 1.54) is 25.9 Å². The van der Waals surface area contributed by atoms with Crippen molar-refractivity contribution in [3.63, 3.8) is 0 Å². The Kier molecular flexibility index (Phi) is 4.20. The lowest BCUT2D eigenvalue weighted by molar-refractivity contribution is 0.229. The van der Waals surface area contributed by atoms with Crippen LogP contribution in [0.2, 0.25) is 0 Å². The van der Waals surface area contributed by atoms with Crippen LogP contribution in [0.5, 0.6) is 0 Å². The van der Waals surface area contributed by atoms with Crippen LogP contribution < -0.4 is 5.32 Å². The highest BCUT2D eigenvalue weighted by atomic mass is 15.2. The lowest BCUT2D eigenvalue weighted by Crippen LogP contribution is -2.41. The minimum Gasteiger partial charge on any atom is -0.312 e. The van der Waals surface area contributed by atoms with Crippen LogP contribution in [-0.4, -0.2) is 37.1 Å². The van der Waals surface area contributed by atoms with E-state index >= 15 is 0 Å². The SMILES string of the molecule is CCC(C)C1CN(C)C(C)CCN1. The first-order valence-corrected chi connectivity index (χ1v) is 5.58. The molecule has 1 fully saturated rings. The Labute approximate surface area is 82.7 Å².